The van der Waals surface area contributed by atoms with Crippen LogP contribution in [0.1, 0.15) is 19.3 Å². The highest BCUT2D eigenvalue weighted by Gasteiger charge is 2.25. The number of carbonyl (C=O) groups excluding carboxylic acids is 1. The summed E-state index contributed by atoms with van der Waals surface area (Å²) in [5, 5.41) is 0. The molecule has 0 spiro atoms. The van der Waals surface area contributed by atoms with E-state index in [0.29, 0.717) is 32.2 Å². The molecule has 1 atom stereocenters. The number of Topliss-reactive ketones (excluding diaryl/α,β-unsaturated/α-hetero) is 1. The number of thioether (sulfide) groups is 1. The van der Waals surface area contributed by atoms with E-state index in [-0.39, 0.29) is 11.9 Å². The molecule has 0 aromatic carbocycles. The second-order valence-corrected chi connectivity index (χ2v) is 5.39. The maximum Gasteiger partial charge on any atom is 0.164 e. The van der Waals surface area contributed by atoms with Crippen LogP contribution < -0.4 is 0 Å². The van der Waals surface area contributed by atoms with Crippen LogP contribution in [0.25, 0.3) is 0 Å². The van der Waals surface area contributed by atoms with Gasteiger partial charge in [0.15, 0.2) is 5.78 Å². The molecular formula is C11H18O3S. The van der Waals surface area contributed by atoms with E-state index in [1.807, 2.05) is 11.8 Å². The minimum Gasteiger partial charge on any atom is -0.376 e. The molecule has 1 unspecified atom stereocenters. The second kappa shape index (κ2) is 5.87. The topological polar surface area (TPSA) is 35.5 Å². The minimum atomic E-state index is -0.284. The quantitative estimate of drug-likeness (QED) is 0.736. The van der Waals surface area contributed by atoms with Gasteiger partial charge in [-0.1, -0.05) is 0 Å². The normalized spacial score (nSPS) is 28.9. The van der Waals surface area contributed by atoms with Crippen LogP contribution in [0.3, 0.4) is 0 Å². The lowest BCUT2D eigenvalue weighted by molar-refractivity contribution is -0.146. The van der Waals surface area contributed by atoms with Crippen LogP contribution in [0.15, 0.2) is 0 Å². The molecule has 2 saturated heterocycles. The summed E-state index contributed by atoms with van der Waals surface area (Å²) < 4.78 is 10.6. The molecule has 0 bridgehead atoms. The molecule has 2 aliphatic heterocycles. The van der Waals surface area contributed by atoms with E-state index in [0.717, 1.165) is 0 Å². The van der Waals surface area contributed by atoms with Crippen molar-refractivity contribution in [2.24, 2.45) is 5.92 Å². The zero-order chi connectivity index (χ0) is 10.5. The van der Waals surface area contributed by atoms with Crippen molar-refractivity contribution in [2.45, 2.75) is 25.4 Å². The first-order chi connectivity index (χ1) is 7.36. The van der Waals surface area contributed by atoms with Crippen LogP contribution >= 0.6 is 11.8 Å². The monoisotopic (exact) mass is 230 g/mol. The average molecular weight is 230 g/mol. The van der Waals surface area contributed by atoms with Crippen LogP contribution in [0, 0.1) is 5.92 Å². The molecule has 0 amide bonds. The Balaban J connectivity index is 1.74. The Hall–Kier alpha value is -0.0600. The van der Waals surface area contributed by atoms with Crippen molar-refractivity contribution in [1.82, 2.24) is 0 Å². The van der Waals surface area contributed by atoms with E-state index in [2.05, 4.69) is 0 Å². The van der Waals surface area contributed by atoms with Crippen molar-refractivity contribution in [2.75, 3.05) is 31.3 Å². The SMILES string of the molecule is O=C(CC1CCSCC1)C1COCCO1. The van der Waals surface area contributed by atoms with Gasteiger partial charge in [0, 0.05) is 6.42 Å². The van der Waals surface area contributed by atoms with Crippen LogP contribution in [0.2, 0.25) is 0 Å². The number of hydrogen-bond donors (Lipinski definition) is 0. The van der Waals surface area contributed by atoms with Crippen LogP contribution in [-0.2, 0) is 14.3 Å². The molecule has 2 heterocycles. The number of ketones is 1. The molecule has 4 heteroatoms. The molecule has 0 aliphatic carbocycles. The Kier molecular flexibility index (Phi) is 4.47. The summed E-state index contributed by atoms with van der Waals surface area (Å²) in [6.45, 7) is 1.65. The first-order valence-corrected chi connectivity index (χ1v) is 6.81. The standard InChI is InChI=1S/C11H18O3S/c12-10(11-8-13-3-4-14-11)7-9-1-5-15-6-2-9/h9,11H,1-8H2. The van der Waals surface area contributed by atoms with Gasteiger partial charge in [-0.15, -0.1) is 0 Å². The maximum absolute atomic E-state index is 11.9. The average Bonchev–Trinajstić information content (AvgIpc) is 2.31. The summed E-state index contributed by atoms with van der Waals surface area (Å²) in [7, 11) is 0. The Labute approximate surface area is 94.9 Å². The molecule has 0 aromatic rings. The zero-order valence-electron chi connectivity index (χ0n) is 8.94. The van der Waals surface area contributed by atoms with Gasteiger partial charge in [-0.05, 0) is 30.3 Å². The van der Waals surface area contributed by atoms with E-state index in [4.69, 9.17) is 9.47 Å². The van der Waals surface area contributed by atoms with Crippen molar-refractivity contribution in [1.29, 1.82) is 0 Å². The maximum atomic E-state index is 11.9. The Morgan fingerprint density at radius 3 is 2.73 bits per heavy atom. The van der Waals surface area contributed by atoms with Gasteiger partial charge in [-0.2, -0.15) is 11.8 Å². The van der Waals surface area contributed by atoms with Crippen molar-refractivity contribution in [3.63, 3.8) is 0 Å². The van der Waals surface area contributed by atoms with Gasteiger partial charge >= 0.3 is 0 Å². The minimum absolute atomic E-state index is 0.242. The fraction of sp³-hybridized carbons (Fsp3) is 0.909. The summed E-state index contributed by atoms with van der Waals surface area (Å²) in [6, 6.07) is 0. The lowest BCUT2D eigenvalue weighted by atomic mass is 9.94. The van der Waals surface area contributed by atoms with Gasteiger partial charge in [0.2, 0.25) is 0 Å². The summed E-state index contributed by atoms with van der Waals surface area (Å²) in [4.78, 5) is 11.9. The molecule has 0 radical (unpaired) electrons. The fourth-order valence-electron chi connectivity index (χ4n) is 2.04. The van der Waals surface area contributed by atoms with E-state index in [1.54, 1.807) is 0 Å². The molecular weight excluding hydrogens is 212 g/mol. The molecule has 86 valence electrons. The molecule has 0 aromatic heterocycles. The van der Waals surface area contributed by atoms with Crippen LogP contribution in [-0.4, -0.2) is 43.2 Å². The number of rotatable bonds is 3. The zero-order valence-corrected chi connectivity index (χ0v) is 9.76. The van der Waals surface area contributed by atoms with Gasteiger partial charge in [0.25, 0.3) is 0 Å². The predicted octanol–water partition coefficient (Wildman–Crippen LogP) is 1.50. The third kappa shape index (κ3) is 3.47. The van der Waals surface area contributed by atoms with Crippen molar-refractivity contribution >= 4 is 17.5 Å². The largest absolute Gasteiger partial charge is 0.376 e. The lowest BCUT2D eigenvalue weighted by Crippen LogP contribution is -2.36. The van der Waals surface area contributed by atoms with Gasteiger partial charge in [-0.25, -0.2) is 0 Å². The van der Waals surface area contributed by atoms with Gasteiger partial charge in [-0.3, -0.25) is 4.79 Å². The molecule has 0 saturated carbocycles. The van der Waals surface area contributed by atoms with E-state index in [9.17, 15) is 4.79 Å². The molecule has 2 aliphatic rings. The van der Waals surface area contributed by atoms with Gasteiger partial charge < -0.3 is 9.47 Å². The summed E-state index contributed by atoms with van der Waals surface area (Å²) >= 11 is 1.99. The van der Waals surface area contributed by atoms with E-state index < -0.39 is 0 Å². The third-order valence-corrected chi connectivity index (χ3v) is 4.05. The lowest BCUT2D eigenvalue weighted by Gasteiger charge is -2.25. The summed E-state index contributed by atoms with van der Waals surface area (Å²) in [6.07, 6.45) is 2.77. The Morgan fingerprint density at radius 1 is 1.27 bits per heavy atom. The number of hydrogen-bond acceptors (Lipinski definition) is 4. The molecule has 15 heavy (non-hydrogen) atoms. The van der Waals surface area contributed by atoms with Gasteiger partial charge in [0.1, 0.15) is 6.10 Å². The van der Waals surface area contributed by atoms with Crippen LogP contribution in [0.5, 0.6) is 0 Å². The van der Waals surface area contributed by atoms with Gasteiger partial charge in [0.05, 0.1) is 19.8 Å². The first-order valence-electron chi connectivity index (χ1n) is 5.66. The third-order valence-electron chi connectivity index (χ3n) is 3.01. The smallest absolute Gasteiger partial charge is 0.164 e. The molecule has 0 N–H and O–H groups in total. The molecule has 3 nitrogen and oxygen atoms in total. The Morgan fingerprint density at radius 2 is 2.07 bits per heavy atom. The predicted molar refractivity (Wildman–Crippen MR) is 60.2 cm³/mol. The van der Waals surface area contributed by atoms with Crippen LogP contribution in [0.4, 0.5) is 0 Å². The second-order valence-electron chi connectivity index (χ2n) is 4.16. The highest BCUT2D eigenvalue weighted by atomic mass is 32.2. The Bertz CT molecular complexity index is 208. The van der Waals surface area contributed by atoms with E-state index in [1.165, 1.54) is 24.3 Å². The highest BCUT2D eigenvalue weighted by Crippen LogP contribution is 2.26. The summed E-state index contributed by atoms with van der Waals surface area (Å²) in [5.41, 5.74) is 0. The molecule has 2 fully saturated rings. The van der Waals surface area contributed by atoms with Crippen molar-refractivity contribution in [3.8, 4) is 0 Å². The van der Waals surface area contributed by atoms with Crippen molar-refractivity contribution in [3.05, 3.63) is 0 Å². The summed E-state index contributed by atoms with van der Waals surface area (Å²) in [5.74, 6) is 3.25. The number of ether oxygens (including phenoxy) is 2. The molecule has 2 rings (SSSR count). The first kappa shape index (κ1) is 11.4. The highest BCUT2D eigenvalue weighted by molar-refractivity contribution is 7.99. The van der Waals surface area contributed by atoms with Crippen molar-refractivity contribution < 1.29 is 14.3 Å². The van der Waals surface area contributed by atoms with E-state index >= 15 is 0 Å². The number of carbonyl (C=O) groups is 1. The fourth-order valence-corrected chi connectivity index (χ4v) is 3.24.